The molecule has 0 saturated carbocycles. The second kappa shape index (κ2) is 8.98. The summed E-state index contributed by atoms with van der Waals surface area (Å²) in [6, 6.07) is 1.34. The molecule has 2 fully saturated rings. The molecule has 1 atom stereocenters. The number of nitrogens with one attached hydrogen (secondary N) is 1. The van der Waals surface area contributed by atoms with Crippen LogP contribution in [0, 0.1) is 0 Å². The molecule has 1 unspecified atom stereocenters. The fraction of sp³-hybridized carbons (Fsp3) is 1.00. The van der Waals surface area contributed by atoms with Crippen LogP contribution in [0.1, 0.15) is 39.0 Å². The third-order valence-corrected chi connectivity index (χ3v) is 4.80. The number of rotatable bonds is 7. The number of likely N-dealkylation sites (tertiary alicyclic amines) is 2. The Bertz CT molecular complexity index is 242. The van der Waals surface area contributed by atoms with Gasteiger partial charge in [0.05, 0.1) is 6.61 Å². The van der Waals surface area contributed by atoms with Gasteiger partial charge >= 0.3 is 0 Å². The van der Waals surface area contributed by atoms with E-state index >= 15 is 0 Å². The molecular weight excluding hydrogens is 250 g/mol. The zero-order valence-corrected chi connectivity index (χ0v) is 13.4. The minimum Gasteiger partial charge on any atom is -0.383 e. The Balaban J connectivity index is 1.69. The number of nitrogens with zero attached hydrogens (tertiary/aromatic N) is 2. The van der Waals surface area contributed by atoms with E-state index in [1.165, 1.54) is 58.3 Å². The quantitative estimate of drug-likeness (QED) is 0.767. The van der Waals surface area contributed by atoms with Crippen molar-refractivity contribution < 1.29 is 4.74 Å². The summed E-state index contributed by atoms with van der Waals surface area (Å²) in [5, 5.41) is 3.53. The molecule has 0 bridgehead atoms. The third kappa shape index (κ3) is 4.99. The molecular formula is C16H33N3O. The SMILES string of the molecule is CCNC(COC)CN1CCC(N2CCCCC2)CC1. The summed E-state index contributed by atoms with van der Waals surface area (Å²) >= 11 is 0. The lowest BCUT2D eigenvalue weighted by Gasteiger charge is -2.41. The Hall–Kier alpha value is -0.160. The topological polar surface area (TPSA) is 27.7 Å². The van der Waals surface area contributed by atoms with Crippen molar-refractivity contribution in [2.75, 3.05) is 53.0 Å². The first-order valence-electron chi connectivity index (χ1n) is 8.52. The second-order valence-electron chi connectivity index (χ2n) is 6.34. The summed E-state index contributed by atoms with van der Waals surface area (Å²) < 4.78 is 5.32. The fourth-order valence-electron chi connectivity index (χ4n) is 3.73. The monoisotopic (exact) mass is 283 g/mol. The number of hydrogen-bond donors (Lipinski definition) is 1. The maximum absolute atomic E-state index is 5.32. The van der Waals surface area contributed by atoms with Crippen molar-refractivity contribution in [3.63, 3.8) is 0 Å². The van der Waals surface area contributed by atoms with E-state index in [9.17, 15) is 0 Å². The summed E-state index contributed by atoms with van der Waals surface area (Å²) in [5.41, 5.74) is 0. The van der Waals surface area contributed by atoms with Gasteiger partial charge < -0.3 is 19.9 Å². The Morgan fingerprint density at radius 3 is 2.40 bits per heavy atom. The van der Waals surface area contributed by atoms with Crippen LogP contribution < -0.4 is 5.32 Å². The molecule has 0 aromatic carbocycles. The molecule has 2 saturated heterocycles. The summed E-state index contributed by atoms with van der Waals surface area (Å²) in [5.74, 6) is 0. The van der Waals surface area contributed by atoms with E-state index in [4.69, 9.17) is 4.74 Å². The lowest BCUT2D eigenvalue weighted by Crippen LogP contribution is -2.50. The lowest BCUT2D eigenvalue weighted by molar-refractivity contribution is 0.0780. The van der Waals surface area contributed by atoms with Crippen LogP contribution in [0.3, 0.4) is 0 Å². The molecule has 2 aliphatic heterocycles. The molecule has 2 heterocycles. The van der Waals surface area contributed by atoms with Crippen molar-refractivity contribution >= 4 is 0 Å². The van der Waals surface area contributed by atoms with E-state index in [-0.39, 0.29) is 0 Å². The van der Waals surface area contributed by atoms with Gasteiger partial charge in [0.1, 0.15) is 0 Å². The van der Waals surface area contributed by atoms with E-state index < -0.39 is 0 Å². The van der Waals surface area contributed by atoms with Crippen molar-refractivity contribution in [3.05, 3.63) is 0 Å². The molecule has 2 aliphatic rings. The predicted octanol–water partition coefficient (Wildman–Crippen LogP) is 1.56. The highest BCUT2D eigenvalue weighted by Crippen LogP contribution is 2.20. The predicted molar refractivity (Wildman–Crippen MR) is 84.2 cm³/mol. The molecule has 1 N–H and O–H groups in total. The molecule has 0 spiro atoms. The summed E-state index contributed by atoms with van der Waals surface area (Å²) in [6.07, 6.45) is 6.97. The standard InChI is InChI=1S/C16H33N3O/c1-3-17-15(14-20-2)13-18-11-7-16(8-12-18)19-9-5-4-6-10-19/h15-17H,3-14H2,1-2H3. The van der Waals surface area contributed by atoms with E-state index in [0.29, 0.717) is 6.04 Å². The van der Waals surface area contributed by atoms with Gasteiger partial charge in [-0.2, -0.15) is 0 Å². The van der Waals surface area contributed by atoms with Gasteiger partial charge in [0.2, 0.25) is 0 Å². The zero-order valence-electron chi connectivity index (χ0n) is 13.4. The summed E-state index contributed by atoms with van der Waals surface area (Å²) in [7, 11) is 1.80. The van der Waals surface area contributed by atoms with Crippen molar-refractivity contribution in [2.24, 2.45) is 0 Å². The maximum atomic E-state index is 5.32. The van der Waals surface area contributed by atoms with Gasteiger partial charge in [-0.15, -0.1) is 0 Å². The summed E-state index contributed by atoms with van der Waals surface area (Å²) in [4.78, 5) is 5.37. The van der Waals surface area contributed by atoms with Gasteiger partial charge in [-0.25, -0.2) is 0 Å². The minimum absolute atomic E-state index is 0.483. The van der Waals surface area contributed by atoms with Gasteiger partial charge in [0.25, 0.3) is 0 Å². The van der Waals surface area contributed by atoms with Gasteiger partial charge in [0.15, 0.2) is 0 Å². The molecule has 4 heteroatoms. The Morgan fingerprint density at radius 1 is 1.10 bits per heavy atom. The first-order chi connectivity index (χ1) is 9.83. The van der Waals surface area contributed by atoms with Gasteiger partial charge in [-0.05, 0) is 58.4 Å². The highest BCUT2D eigenvalue weighted by Gasteiger charge is 2.26. The average Bonchev–Trinajstić information content (AvgIpc) is 2.49. The fourth-order valence-corrected chi connectivity index (χ4v) is 3.73. The van der Waals surface area contributed by atoms with Crippen LogP contribution in [-0.2, 0) is 4.74 Å². The number of methoxy groups -OCH3 is 1. The first-order valence-corrected chi connectivity index (χ1v) is 8.52. The zero-order chi connectivity index (χ0) is 14.2. The Kier molecular flexibility index (Phi) is 7.28. The van der Waals surface area contributed by atoms with E-state index in [1.807, 2.05) is 0 Å². The van der Waals surface area contributed by atoms with Crippen LogP contribution >= 0.6 is 0 Å². The maximum Gasteiger partial charge on any atom is 0.0628 e. The molecule has 0 amide bonds. The van der Waals surface area contributed by atoms with E-state index in [0.717, 1.165) is 25.7 Å². The van der Waals surface area contributed by atoms with Crippen LogP contribution in [-0.4, -0.2) is 74.9 Å². The molecule has 0 radical (unpaired) electrons. The highest BCUT2D eigenvalue weighted by atomic mass is 16.5. The normalized spacial score (nSPS) is 24.9. The Morgan fingerprint density at radius 2 is 1.80 bits per heavy atom. The molecule has 4 nitrogen and oxygen atoms in total. The molecule has 20 heavy (non-hydrogen) atoms. The van der Waals surface area contributed by atoms with E-state index in [2.05, 4.69) is 22.0 Å². The van der Waals surface area contributed by atoms with Crippen molar-refractivity contribution in [2.45, 2.75) is 51.1 Å². The lowest BCUT2D eigenvalue weighted by atomic mass is 9.99. The third-order valence-electron chi connectivity index (χ3n) is 4.80. The molecule has 118 valence electrons. The van der Waals surface area contributed by atoms with Crippen molar-refractivity contribution in [1.29, 1.82) is 0 Å². The number of ether oxygens (including phenoxy) is 1. The van der Waals surface area contributed by atoms with Crippen molar-refractivity contribution in [3.8, 4) is 0 Å². The van der Waals surface area contributed by atoms with E-state index in [1.54, 1.807) is 7.11 Å². The largest absolute Gasteiger partial charge is 0.383 e. The highest BCUT2D eigenvalue weighted by molar-refractivity contribution is 4.83. The number of piperidine rings is 2. The first kappa shape index (κ1) is 16.2. The van der Waals surface area contributed by atoms with Crippen molar-refractivity contribution in [1.82, 2.24) is 15.1 Å². The van der Waals surface area contributed by atoms with Crippen LogP contribution in [0.25, 0.3) is 0 Å². The van der Waals surface area contributed by atoms with Crippen LogP contribution in [0.15, 0.2) is 0 Å². The van der Waals surface area contributed by atoms with Gasteiger partial charge in [-0.3, -0.25) is 0 Å². The average molecular weight is 283 g/mol. The Labute approximate surface area is 124 Å². The molecule has 0 aromatic heterocycles. The second-order valence-corrected chi connectivity index (χ2v) is 6.34. The summed E-state index contributed by atoms with van der Waals surface area (Å²) in [6.45, 7) is 10.3. The van der Waals surface area contributed by atoms with Gasteiger partial charge in [0, 0.05) is 25.7 Å². The minimum atomic E-state index is 0.483. The molecule has 2 rings (SSSR count). The number of likely N-dealkylation sites (N-methyl/N-ethyl adjacent to an activating group) is 1. The molecule has 0 aromatic rings. The smallest absolute Gasteiger partial charge is 0.0628 e. The van der Waals surface area contributed by atoms with Crippen LogP contribution in [0.5, 0.6) is 0 Å². The van der Waals surface area contributed by atoms with Gasteiger partial charge in [-0.1, -0.05) is 13.3 Å². The number of hydrogen-bond acceptors (Lipinski definition) is 4. The van der Waals surface area contributed by atoms with Crippen LogP contribution in [0.2, 0.25) is 0 Å². The van der Waals surface area contributed by atoms with Crippen LogP contribution in [0.4, 0.5) is 0 Å². The molecule has 0 aliphatic carbocycles.